The molecule has 0 saturated heterocycles. The number of rotatable bonds is 20. The second-order valence-electron chi connectivity index (χ2n) is 7.60. The van der Waals surface area contributed by atoms with Crippen LogP contribution in [-0.4, -0.2) is 11.7 Å². The van der Waals surface area contributed by atoms with E-state index < -0.39 is 0 Å². The van der Waals surface area contributed by atoms with Crippen LogP contribution in [0.1, 0.15) is 135 Å². The standard InChI is InChI=1S/C22H46O.C2H3Cl/c1-2-3-4-5-6-7-8-9-10-11-12-13-14-15-16-17-18-19-20-21-22-23;1-2-3/h23H,2-22H2,1H3;2H,1H2. The molecule has 0 fully saturated rings. The Morgan fingerprint density at radius 3 is 0.923 bits per heavy atom. The van der Waals surface area contributed by atoms with Gasteiger partial charge in [0.15, 0.2) is 0 Å². The topological polar surface area (TPSA) is 20.2 Å². The van der Waals surface area contributed by atoms with E-state index in [2.05, 4.69) is 13.5 Å². The van der Waals surface area contributed by atoms with Gasteiger partial charge in [0.2, 0.25) is 0 Å². The van der Waals surface area contributed by atoms with Crippen LogP contribution in [-0.2, 0) is 0 Å². The lowest BCUT2D eigenvalue weighted by molar-refractivity contribution is 0.282. The van der Waals surface area contributed by atoms with E-state index >= 15 is 0 Å². The SMILES string of the molecule is C=CCl.CCCCCCCCCCCCCCCCCCCCCCO. The van der Waals surface area contributed by atoms with Crippen molar-refractivity contribution in [3.8, 4) is 0 Å². The van der Waals surface area contributed by atoms with Crippen molar-refractivity contribution < 1.29 is 5.11 Å². The second-order valence-corrected chi connectivity index (χ2v) is 7.90. The van der Waals surface area contributed by atoms with Crippen molar-refractivity contribution in [2.75, 3.05) is 6.61 Å². The summed E-state index contributed by atoms with van der Waals surface area (Å²) in [7, 11) is 0. The van der Waals surface area contributed by atoms with Gasteiger partial charge in [0.25, 0.3) is 0 Å². The lowest BCUT2D eigenvalue weighted by Gasteiger charge is -2.03. The van der Waals surface area contributed by atoms with Crippen LogP contribution in [0.2, 0.25) is 0 Å². The molecule has 0 atom stereocenters. The highest BCUT2D eigenvalue weighted by Crippen LogP contribution is 2.14. The van der Waals surface area contributed by atoms with E-state index in [0.717, 1.165) is 6.42 Å². The number of unbranched alkanes of at least 4 members (excludes halogenated alkanes) is 19. The first-order valence-electron chi connectivity index (χ1n) is 11.6. The van der Waals surface area contributed by atoms with Crippen LogP contribution in [0.3, 0.4) is 0 Å². The molecule has 0 rings (SSSR count). The van der Waals surface area contributed by atoms with Crippen molar-refractivity contribution >= 4 is 11.6 Å². The highest BCUT2D eigenvalue weighted by molar-refractivity contribution is 6.25. The fraction of sp³-hybridized carbons (Fsp3) is 0.917. The third-order valence-corrected chi connectivity index (χ3v) is 5.01. The normalized spacial score (nSPS) is 10.4. The summed E-state index contributed by atoms with van der Waals surface area (Å²) in [6.07, 6.45) is 28.1. The molecule has 0 radical (unpaired) electrons. The molecule has 26 heavy (non-hydrogen) atoms. The zero-order valence-electron chi connectivity index (χ0n) is 18.0. The Kier molecular flexibility index (Phi) is 32.3. The van der Waals surface area contributed by atoms with Crippen LogP contribution in [0.15, 0.2) is 12.1 Å². The third-order valence-electron chi connectivity index (χ3n) is 5.01. The van der Waals surface area contributed by atoms with E-state index in [4.69, 9.17) is 16.7 Å². The van der Waals surface area contributed by atoms with E-state index in [1.807, 2.05) is 0 Å². The number of aliphatic hydroxyl groups excluding tert-OH is 1. The monoisotopic (exact) mass is 388 g/mol. The van der Waals surface area contributed by atoms with Crippen molar-refractivity contribution in [3.05, 3.63) is 12.1 Å². The molecule has 0 amide bonds. The van der Waals surface area contributed by atoms with Gasteiger partial charge < -0.3 is 5.11 Å². The van der Waals surface area contributed by atoms with Gasteiger partial charge in [-0.2, -0.15) is 0 Å². The quantitative estimate of drug-likeness (QED) is 0.206. The predicted molar refractivity (Wildman–Crippen MR) is 121 cm³/mol. The Bertz CT molecular complexity index is 210. The molecule has 0 aromatic heterocycles. The fourth-order valence-corrected chi connectivity index (χ4v) is 3.37. The lowest BCUT2D eigenvalue weighted by atomic mass is 10.0. The van der Waals surface area contributed by atoms with Gasteiger partial charge in [-0.3, -0.25) is 0 Å². The van der Waals surface area contributed by atoms with Gasteiger partial charge >= 0.3 is 0 Å². The van der Waals surface area contributed by atoms with Gasteiger partial charge in [0.05, 0.1) is 0 Å². The molecule has 0 aromatic rings. The Morgan fingerprint density at radius 2 is 0.731 bits per heavy atom. The first kappa shape index (κ1) is 28.2. The highest BCUT2D eigenvalue weighted by Gasteiger charge is 1.95. The molecule has 0 heterocycles. The Morgan fingerprint density at radius 1 is 0.538 bits per heavy atom. The molecule has 0 saturated carbocycles. The van der Waals surface area contributed by atoms with Crippen molar-refractivity contribution in [1.82, 2.24) is 0 Å². The van der Waals surface area contributed by atoms with Crippen LogP contribution in [0, 0.1) is 0 Å². The van der Waals surface area contributed by atoms with Crippen molar-refractivity contribution in [2.45, 2.75) is 135 Å². The molecular formula is C24H49ClO. The first-order chi connectivity index (χ1) is 12.8. The van der Waals surface area contributed by atoms with E-state index in [9.17, 15) is 0 Å². The maximum absolute atomic E-state index is 8.71. The molecule has 158 valence electrons. The van der Waals surface area contributed by atoms with Crippen LogP contribution in [0.4, 0.5) is 0 Å². The summed E-state index contributed by atoms with van der Waals surface area (Å²) >= 11 is 4.76. The predicted octanol–water partition coefficient (Wildman–Crippen LogP) is 9.17. The van der Waals surface area contributed by atoms with Gasteiger partial charge in [-0.1, -0.05) is 147 Å². The second kappa shape index (κ2) is 29.7. The minimum absolute atomic E-state index is 0.374. The minimum atomic E-state index is 0.374. The maximum Gasteiger partial charge on any atom is 0.0431 e. The molecule has 0 bridgehead atoms. The Balaban J connectivity index is 0. The summed E-state index contributed by atoms with van der Waals surface area (Å²) in [6, 6.07) is 0. The van der Waals surface area contributed by atoms with Gasteiger partial charge in [-0.05, 0) is 12.0 Å². The van der Waals surface area contributed by atoms with Crippen LogP contribution in [0.5, 0.6) is 0 Å². The van der Waals surface area contributed by atoms with Gasteiger partial charge in [-0.25, -0.2) is 0 Å². The largest absolute Gasteiger partial charge is 0.396 e. The van der Waals surface area contributed by atoms with Crippen molar-refractivity contribution in [1.29, 1.82) is 0 Å². The molecular weight excluding hydrogens is 340 g/mol. The Labute approximate surface area is 171 Å². The zero-order chi connectivity index (χ0) is 19.6. The zero-order valence-corrected chi connectivity index (χ0v) is 18.7. The molecule has 0 spiro atoms. The summed E-state index contributed by atoms with van der Waals surface area (Å²) < 4.78 is 0. The highest BCUT2D eigenvalue weighted by atomic mass is 35.5. The summed E-state index contributed by atoms with van der Waals surface area (Å²) in [6.45, 7) is 5.79. The summed E-state index contributed by atoms with van der Waals surface area (Å²) in [5.41, 5.74) is 1.22. The lowest BCUT2D eigenvalue weighted by Crippen LogP contribution is -1.85. The molecule has 0 aliphatic carbocycles. The number of aliphatic hydroxyl groups is 1. The van der Waals surface area contributed by atoms with E-state index in [1.54, 1.807) is 0 Å². The first-order valence-corrected chi connectivity index (χ1v) is 12.1. The third kappa shape index (κ3) is 31.7. The van der Waals surface area contributed by atoms with Gasteiger partial charge in [0.1, 0.15) is 0 Å². The average Bonchev–Trinajstić information content (AvgIpc) is 2.64. The summed E-state index contributed by atoms with van der Waals surface area (Å²) in [4.78, 5) is 0. The van der Waals surface area contributed by atoms with Gasteiger partial charge in [-0.15, -0.1) is 0 Å². The van der Waals surface area contributed by atoms with Crippen LogP contribution >= 0.6 is 11.6 Å². The van der Waals surface area contributed by atoms with E-state index in [1.165, 1.54) is 128 Å². The Hall–Kier alpha value is -0.0100. The molecule has 0 unspecified atom stereocenters. The summed E-state index contributed by atoms with van der Waals surface area (Å²) in [5, 5.41) is 8.71. The molecule has 0 aromatic carbocycles. The molecule has 2 heteroatoms. The number of halogens is 1. The molecule has 1 nitrogen and oxygen atoms in total. The van der Waals surface area contributed by atoms with Gasteiger partial charge in [0, 0.05) is 6.61 Å². The molecule has 0 aliphatic heterocycles. The number of hydrogen-bond donors (Lipinski definition) is 1. The molecule has 1 N–H and O–H groups in total. The van der Waals surface area contributed by atoms with Crippen LogP contribution < -0.4 is 0 Å². The smallest absolute Gasteiger partial charge is 0.0431 e. The number of hydrogen-bond acceptors (Lipinski definition) is 1. The van der Waals surface area contributed by atoms with Crippen molar-refractivity contribution in [2.24, 2.45) is 0 Å². The molecule has 0 aliphatic rings. The maximum atomic E-state index is 8.71. The van der Waals surface area contributed by atoms with E-state index in [-0.39, 0.29) is 0 Å². The fourth-order valence-electron chi connectivity index (χ4n) is 3.37. The minimum Gasteiger partial charge on any atom is -0.396 e. The average molecular weight is 389 g/mol. The van der Waals surface area contributed by atoms with E-state index in [0.29, 0.717) is 6.61 Å². The van der Waals surface area contributed by atoms with Crippen LogP contribution in [0.25, 0.3) is 0 Å². The summed E-state index contributed by atoms with van der Waals surface area (Å²) in [5.74, 6) is 0. The van der Waals surface area contributed by atoms with Crippen molar-refractivity contribution in [3.63, 3.8) is 0 Å².